The molecule has 1 saturated heterocycles. The summed E-state index contributed by atoms with van der Waals surface area (Å²) in [5.41, 5.74) is 0. The molecule has 2 aromatic heterocycles. The van der Waals surface area contributed by atoms with Gasteiger partial charge in [0.1, 0.15) is 6.54 Å². The highest BCUT2D eigenvalue weighted by atomic mass is 35.5. The molecule has 0 saturated carbocycles. The average Bonchev–Trinajstić information content (AvgIpc) is 3.11. The third-order valence-corrected chi connectivity index (χ3v) is 4.61. The number of amides is 1. The predicted molar refractivity (Wildman–Crippen MR) is 77.9 cm³/mol. The summed E-state index contributed by atoms with van der Waals surface area (Å²) in [5, 5.41) is 7.72. The third kappa shape index (κ3) is 3.02. The van der Waals surface area contributed by atoms with Crippen LogP contribution in [-0.2, 0) is 11.3 Å². The number of carbonyl (C=O) groups excluding carboxylic acids is 1. The van der Waals surface area contributed by atoms with Gasteiger partial charge in [0.25, 0.3) is 0 Å². The molecule has 0 unspecified atom stereocenters. The first-order valence-electron chi connectivity index (χ1n) is 6.57. The SMILES string of the molecule is O=C(Cn1cc(Cl)cn1)N1CCC[C@H](c2nccs2)C1. The molecule has 3 rings (SSSR count). The van der Waals surface area contributed by atoms with Crippen molar-refractivity contribution in [3.8, 4) is 0 Å². The van der Waals surface area contributed by atoms with Crippen molar-refractivity contribution in [1.82, 2.24) is 19.7 Å². The molecule has 106 valence electrons. The maximum atomic E-state index is 12.3. The predicted octanol–water partition coefficient (Wildman–Crippen LogP) is 2.40. The largest absolute Gasteiger partial charge is 0.340 e. The van der Waals surface area contributed by atoms with Gasteiger partial charge in [0.2, 0.25) is 5.91 Å². The van der Waals surface area contributed by atoms with Gasteiger partial charge in [-0.2, -0.15) is 5.10 Å². The molecule has 0 aliphatic carbocycles. The molecule has 1 aliphatic rings. The molecule has 0 aromatic carbocycles. The number of likely N-dealkylation sites (tertiary alicyclic amines) is 1. The summed E-state index contributed by atoms with van der Waals surface area (Å²) in [6.07, 6.45) is 7.17. The molecule has 5 nitrogen and oxygen atoms in total. The van der Waals surface area contributed by atoms with Crippen LogP contribution in [0.15, 0.2) is 24.0 Å². The summed E-state index contributed by atoms with van der Waals surface area (Å²) in [4.78, 5) is 18.6. The fourth-order valence-corrected chi connectivity index (χ4v) is 3.43. The van der Waals surface area contributed by atoms with E-state index in [-0.39, 0.29) is 12.5 Å². The summed E-state index contributed by atoms with van der Waals surface area (Å²) in [5.74, 6) is 0.458. The van der Waals surface area contributed by atoms with Crippen LogP contribution in [0.2, 0.25) is 5.02 Å². The van der Waals surface area contributed by atoms with E-state index in [1.165, 1.54) is 0 Å². The Morgan fingerprint density at radius 1 is 1.55 bits per heavy atom. The van der Waals surface area contributed by atoms with Crippen LogP contribution in [-0.4, -0.2) is 38.7 Å². The van der Waals surface area contributed by atoms with Crippen LogP contribution in [0.1, 0.15) is 23.8 Å². The van der Waals surface area contributed by atoms with Crippen LogP contribution in [0.25, 0.3) is 0 Å². The van der Waals surface area contributed by atoms with Gasteiger partial charge in [-0.1, -0.05) is 11.6 Å². The maximum absolute atomic E-state index is 12.3. The van der Waals surface area contributed by atoms with E-state index in [0.29, 0.717) is 10.9 Å². The van der Waals surface area contributed by atoms with Crippen LogP contribution >= 0.6 is 22.9 Å². The van der Waals surface area contributed by atoms with Gasteiger partial charge in [-0.15, -0.1) is 11.3 Å². The number of halogens is 1. The Balaban J connectivity index is 1.63. The lowest BCUT2D eigenvalue weighted by molar-refractivity contribution is -0.133. The van der Waals surface area contributed by atoms with Crippen LogP contribution in [0, 0.1) is 0 Å². The molecule has 20 heavy (non-hydrogen) atoms. The lowest BCUT2D eigenvalue weighted by Gasteiger charge is -2.31. The van der Waals surface area contributed by atoms with Gasteiger partial charge in [0.15, 0.2) is 0 Å². The number of hydrogen-bond donors (Lipinski definition) is 0. The molecule has 1 atom stereocenters. The van der Waals surface area contributed by atoms with Crippen LogP contribution < -0.4 is 0 Å². The topological polar surface area (TPSA) is 51.0 Å². The van der Waals surface area contributed by atoms with Crippen molar-refractivity contribution in [1.29, 1.82) is 0 Å². The van der Waals surface area contributed by atoms with E-state index in [1.807, 2.05) is 16.5 Å². The lowest BCUT2D eigenvalue weighted by Crippen LogP contribution is -2.40. The van der Waals surface area contributed by atoms with Gasteiger partial charge in [0, 0.05) is 36.8 Å². The van der Waals surface area contributed by atoms with Gasteiger partial charge >= 0.3 is 0 Å². The van der Waals surface area contributed by atoms with Crippen molar-refractivity contribution >= 4 is 28.8 Å². The second-order valence-corrected chi connectivity index (χ2v) is 6.27. The van der Waals surface area contributed by atoms with Crippen molar-refractivity contribution in [2.45, 2.75) is 25.3 Å². The van der Waals surface area contributed by atoms with Crippen LogP contribution in [0.3, 0.4) is 0 Å². The number of aromatic nitrogens is 3. The van der Waals surface area contributed by atoms with E-state index < -0.39 is 0 Å². The second-order valence-electron chi connectivity index (χ2n) is 4.91. The molecule has 2 aromatic rings. The fraction of sp³-hybridized carbons (Fsp3) is 0.462. The minimum atomic E-state index is 0.0889. The number of hydrogen-bond acceptors (Lipinski definition) is 4. The smallest absolute Gasteiger partial charge is 0.244 e. The van der Waals surface area contributed by atoms with E-state index >= 15 is 0 Å². The molecule has 1 aliphatic heterocycles. The zero-order chi connectivity index (χ0) is 13.9. The summed E-state index contributed by atoms with van der Waals surface area (Å²) < 4.78 is 1.58. The van der Waals surface area contributed by atoms with E-state index in [2.05, 4.69) is 10.1 Å². The number of nitrogens with zero attached hydrogens (tertiary/aromatic N) is 4. The molecule has 7 heteroatoms. The lowest BCUT2D eigenvalue weighted by atomic mass is 9.99. The minimum absolute atomic E-state index is 0.0889. The molecule has 0 N–H and O–H groups in total. The van der Waals surface area contributed by atoms with E-state index in [1.54, 1.807) is 28.4 Å². The Labute approximate surface area is 126 Å². The van der Waals surface area contributed by atoms with E-state index in [4.69, 9.17) is 11.6 Å². The number of thiazole rings is 1. The fourth-order valence-electron chi connectivity index (χ4n) is 2.50. The maximum Gasteiger partial charge on any atom is 0.244 e. The van der Waals surface area contributed by atoms with Crippen molar-refractivity contribution in [2.75, 3.05) is 13.1 Å². The number of piperidine rings is 1. The molecule has 0 bridgehead atoms. The van der Waals surface area contributed by atoms with Crippen molar-refractivity contribution in [3.63, 3.8) is 0 Å². The van der Waals surface area contributed by atoms with Gasteiger partial charge in [-0.3, -0.25) is 9.48 Å². The highest BCUT2D eigenvalue weighted by molar-refractivity contribution is 7.09. The molecular formula is C13H15ClN4OS. The quantitative estimate of drug-likeness (QED) is 0.874. The second kappa shape index (κ2) is 5.93. The Morgan fingerprint density at radius 3 is 3.15 bits per heavy atom. The molecule has 1 fully saturated rings. The summed E-state index contributed by atoms with van der Waals surface area (Å²) in [7, 11) is 0. The molecule has 1 amide bonds. The van der Waals surface area contributed by atoms with Crippen molar-refractivity contribution in [2.24, 2.45) is 0 Å². The first-order valence-corrected chi connectivity index (χ1v) is 7.83. The van der Waals surface area contributed by atoms with Crippen LogP contribution in [0.4, 0.5) is 0 Å². The Morgan fingerprint density at radius 2 is 2.45 bits per heavy atom. The van der Waals surface area contributed by atoms with E-state index in [0.717, 1.165) is 30.9 Å². The van der Waals surface area contributed by atoms with Gasteiger partial charge in [-0.25, -0.2) is 4.98 Å². The van der Waals surface area contributed by atoms with Crippen molar-refractivity contribution < 1.29 is 4.79 Å². The summed E-state index contributed by atoms with van der Waals surface area (Å²) in [6.45, 7) is 1.81. The molecule has 0 radical (unpaired) electrons. The van der Waals surface area contributed by atoms with E-state index in [9.17, 15) is 4.79 Å². The molecular weight excluding hydrogens is 296 g/mol. The van der Waals surface area contributed by atoms with Crippen molar-refractivity contribution in [3.05, 3.63) is 34.0 Å². The first-order chi connectivity index (χ1) is 9.72. The normalized spacial score (nSPS) is 19.2. The first kappa shape index (κ1) is 13.6. The highest BCUT2D eigenvalue weighted by Crippen LogP contribution is 2.28. The molecule has 0 spiro atoms. The molecule has 3 heterocycles. The number of rotatable bonds is 3. The Bertz CT molecular complexity index is 583. The Kier molecular flexibility index (Phi) is 4.03. The summed E-state index contributed by atoms with van der Waals surface area (Å²) in [6, 6.07) is 0. The summed E-state index contributed by atoms with van der Waals surface area (Å²) >= 11 is 7.47. The zero-order valence-corrected chi connectivity index (χ0v) is 12.5. The van der Waals surface area contributed by atoms with Crippen LogP contribution in [0.5, 0.6) is 0 Å². The highest BCUT2D eigenvalue weighted by Gasteiger charge is 2.26. The number of carbonyl (C=O) groups is 1. The van der Waals surface area contributed by atoms with Gasteiger partial charge in [-0.05, 0) is 12.8 Å². The van der Waals surface area contributed by atoms with Gasteiger partial charge in [0.05, 0.1) is 16.2 Å². The third-order valence-electron chi connectivity index (χ3n) is 3.47. The average molecular weight is 311 g/mol. The zero-order valence-electron chi connectivity index (χ0n) is 10.9. The standard InChI is InChI=1S/C13H15ClN4OS/c14-11-6-16-18(8-11)9-12(19)17-4-1-2-10(7-17)13-15-3-5-20-13/h3,5-6,8,10H,1-2,4,7,9H2/t10-/m0/s1. The minimum Gasteiger partial charge on any atom is -0.340 e. The Hall–Kier alpha value is -1.40. The monoisotopic (exact) mass is 310 g/mol. The van der Waals surface area contributed by atoms with Gasteiger partial charge < -0.3 is 4.90 Å².